The summed E-state index contributed by atoms with van der Waals surface area (Å²) in [5.74, 6) is 0. The van der Waals surface area contributed by atoms with Crippen LogP contribution in [0.2, 0.25) is 0 Å². The SMILES string of the molecule is CC(C)(C)C(O)C(O)Cc1ccncc1. The van der Waals surface area contributed by atoms with Crippen molar-refractivity contribution in [3.05, 3.63) is 30.1 Å². The van der Waals surface area contributed by atoms with Gasteiger partial charge < -0.3 is 10.2 Å². The third kappa shape index (κ3) is 3.61. The first-order valence-electron chi connectivity index (χ1n) is 5.16. The highest BCUT2D eigenvalue weighted by atomic mass is 16.3. The molecule has 0 aliphatic rings. The van der Waals surface area contributed by atoms with Gasteiger partial charge in [0, 0.05) is 18.8 Å². The zero-order valence-corrected chi connectivity index (χ0v) is 9.51. The number of aliphatic hydroxyl groups is 2. The van der Waals surface area contributed by atoms with E-state index in [9.17, 15) is 10.2 Å². The Hall–Kier alpha value is -0.930. The van der Waals surface area contributed by atoms with E-state index in [1.54, 1.807) is 12.4 Å². The third-order valence-electron chi connectivity index (χ3n) is 2.45. The highest BCUT2D eigenvalue weighted by molar-refractivity contribution is 5.11. The van der Waals surface area contributed by atoms with E-state index in [4.69, 9.17) is 0 Å². The molecule has 0 saturated carbocycles. The Morgan fingerprint density at radius 2 is 1.73 bits per heavy atom. The molecule has 84 valence electrons. The van der Waals surface area contributed by atoms with E-state index in [2.05, 4.69) is 4.98 Å². The smallest absolute Gasteiger partial charge is 0.0850 e. The van der Waals surface area contributed by atoms with Gasteiger partial charge in [0.25, 0.3) is 0 Å². The van der Waals surface area contributed by atoms with E-state index >= 15 is 0 Å². The predicted octanol–water partition coefficient (Wildman–Crippen LogP) is 1.39. The molecule has 3 heteroatoms. The van der Waals surface area contributed by atoms with Crippen molar-refractivity contribution in [3.63, 3.8) is 0 Å². The molecule has 1 rings (SSSR count). The number of aliphatic hydroxyl groups excluding tert-OH is 2. The van der Waals surface area contributed by atoms with Gasteiger partial charge in [-0.3, -0.25) is 4.98 Å². The molecule has 0 aliphatic carbocycles. The summed E-state index contributed by atoms with van der Waals surface area (Å²) >= 11 is 0. The Morgan fingerprint density at radius 3 is 2.20 bits per heavy atom. The summed E-state index contributed by atoms with van der Waals surface area (Å²) in [5, 5.41) is 19.7. The molecule has 1 aromatic heterocycles. The van der Waals surface area contributed by atoms with Crippen LogP contribution in [0.4, 0.5) is 0 Å². The summed E-state index contributed by atoms with van der Waals surface area (Å²) < 4.78 is 0. The molecule has 1 aromatic rings. The van der Waals surface area contributed by atoms with Crippen molar-refractivity contribution in [1.29, 1.82) is 0 Å². The molecule has 0 aliphatic heterocycles. The van der Waals surface area contributed by atoms with Gasteiger partial charge in [-0.1, -0.05) is 20.8 Å². The molecule has 1 heterocycles. The second kappa shape index (κ2) is 4.73. The summed E-state index contributed by atoms with van der Waals surface area (Å²) in [6, 6.07) is 3.69. The molecular formula is C12H19NO2. The van der Waals surface area contributed by atoms with Crippen LogP contribution in [0.15, 0.2) is 24.5 Å². The van der Waals surface area contributed by atoms with Gasteiger partial charge in [-0.2, -0.15) is 0 Å². The minimum atomic E-state index is -0.729. The molecule has 2 N–H and O–H groups in total. The fourth-order valence-electron chi connectivity index (χ4n) is 1.45. The van der Waals surface area contributed by atoms with E-state index < -0.39 is 12.2 Å². The van der Waals surface area contributed by atoms with Gasteiger partial charge in [-0.05, 0) is 23.1 Å². The molecule has 3 nitrogen and oxygen atoms in total. The second-order valence-electron chi connectivity index (χ2n) is 4.94. The first-order chi connectivity index (χ1) is 6.91. The zero-order chi connectivity index (χ0) is 11.5. The quantitative estimate of drug-likeness (QED) is 0.791. The van der Waals surface area contributed by atoms with Crippen molar-refractivity contribution < 1.29 is 10.2 Å². The lowest BCUT2D eigenvalue weighted by Crippen LogP contribution is -2.38. The van der Waals surface area contributed by atoms with Gasteiger partial charge in [-0.15, -0.1) is 0 Å². The van der Waals surface area contributed by atoms with Gasteiger partial charge in [0.05, 0.1) is 12.2 Å². The molecule has 2 unspecified atom stereocenters. The summed E-state index contributed by atoms with van der Waals surface area (Å²) in [6.07, 6.45) is 2.39. The number of hydrogen-bond acceptors (Lipinski definition) is 3. The normalized spacial score (nSPS) is 16.1. The van der Waals surface area contributed by atoms with E-state index in [0.717, 1.165) is 5.56 Å². The summed E-state index contributed by atoms with van der Waals surface area (Å²) in [4.78, 5) is 3.90. The van der Waals surface area contributed by atoms with Crippen molar-refractivity contribution in [2.24, 2.45) is 5.41 Å². The maximum atomic E-state index is 9.85. The topological polar surface area (TPSA) is 53.4 Å². The highest BCUT2D eigenvalue weighted by Crippen LogP contribution is 2.23. The number of rotatable bonds is 3. The Morgan fingerprint density at radius 1 is 1.20 bits per heavy atom. The fourth-order valence-corrected chi connectivity index (χ4v) is 1.45. The molecule has 0 amide bonds. The van der Waals surface area contributed by atoms with Crippen molar-refractivity contribution in [3.8, 4) is 0 Å². The van der Waals surface area contributed by atoms with Crippen LogP contribution in [0.25, 0.3) is 0 Å². The lowest BCUT2D eigenvalue weighted by atomic mass is 9.84. The largest absolute Gasteiger partial charge is 0.390 e. The summed E-state index contributed by atoms with van der Waals surface area (Å²) in [7, 11) is 0. The Balaban J connectivity index is 2.60. The summed E-state index contributed by atoms with van der Waals surface area (Å²) in [6.45, 7) is 5.73. The molecule has 2 atom stereocenters. The molecule has 15 heavy (non-hydrogen) atoms. The van der Waals surface area contributed by atoms with Crippen molar-refractivity contribution in [2.75, 3.05) is 0 Å². The molecular weight excluding hydrogens is 190 g/mol. The number of nitrogens with zero attached hydrogens (tertiary/aromatic N) is 1. The van der Waals surface area contributed by atoms with Crippen LogP contribution in [0.3, 0.4) is 0 Å². The molecule has 0 bridgehead atoms. The Labute approximate surface area is 90.8 Å². The van der Waals surface area contributed by atoms with Gasteiger partial charge in [-0.25, -0.2) is 0 Å². The Kier molecular flexibility index (Phi) is 3.83. The van der Waals surface area contributed by atoms with Crippen molar-refractivity contribution >= 4 is 0 Å². The molecule has 0 aromatic carbocycles. The monoisotopic (exact) mass is 209 g/mol. The van der Waals surface area contributed by atoms with Gasteiger partial charge in [0.15, 0.2) is 0 Å². The van der Waals surface area contributed by atoms with Crippen LogP contribution in [0, 0.1) is 5.41 Å². The van der Waals surface area contributed by atoms with E-state index in [1.165, 1.54) is 0 Å². The van der Waals surface area contributed by atoms with E-state index in [1.807, 2.05) is 32.9 Å². The maximum absolute atomic E-state index is 9.85. The lowest BCUT2D eigenvalue weighted by molar-refractivity contribution is -0.0434. The highest BCUT2D eigenvalue weighted by Gasteiger charge is 2.28. The standard InChI is InChI=1S/C12H19NO2/c1-12(2,3)11(15)10(14)8-9-4-6-13-7-5-9/h4-7,10-11,14-15H,8H2,1-3H3. The van der Waals surface area contributed by atoms with Crippen LogP contribution in [0.1, 0.15) is 26.3 Å². The average Bonchev–Trinajstić information content (AvgIpc) is 2.16. The van der Waals surface area contributed by atoms with Crippen LogP contribution >= 0.6 is 0 Å². The molecule has 0 radical (unpaired) electrons. The van der Waals surface area contributed by atoms with Crippen LogP contribution in [0.5, 0.6) is 0 Å². The molecule has 0 saturated heterocycles. The predicted molar refractivity (Wildman–Crippen MR) is 59.4 cm³/mol. The second-order valence-corrected chi connectivity index (χ2v) is 4.94. The van der Waals surface area contributed by atoms with Crippen LogP contribution in [-0.2, 0) is 6.42 Å². The Bertz CT molecular complexity index is 292. The molecule has 0 spiro atoms. The van der Waals surface area contributed by atoms with Gasteiger partial charge in [0.1, 0.15) is 0 Å². The summed E-state index contributed by atoms with van der Waals surface area (Å²) in [5.41, 5.74) is 0.688. The lowest BCUT2D eigenvalue weighted by Gasteiger charge is -2.29. The van der Waals surface area contributed by atoms with E-state index in [-0.39, 0.29) is 5.41 Å². The maximum Gasteiger partial charge on any atom is 0.0850 e. The van der Waals surface area contributed by atoms with Crippen molar-refractivity contribution in [2.45, 2.75) is 39.4 Å². The first kappa shape index (κ1) is 12.1. The third-order valence-corrected chi connectivity index (χ3v) is 2.45. The van der Waals surface area contributed by atoms with Gasteiger partial charge in [0.2, 0.25) is 0 Å². The fraction of sp³-hybridized carbons (Fsp3) is 0.583. The zero-order valence-electron chi connectivity index (χ0n) is 9.51. The van der Waals surface area contributed by atoms with E-state index in [0.29, 0.717) is 6.42 Å². The minimum absolute atomic E-state index is 0.299. The molecule has 0 fully saturated rings. The minimum Gasteiger partial charge on any atom is -0.390 e. The van der Waals surface area contributed by atoms with Crippen molar-refractivity contribution in [1.82, 2.24) is 4.98 Å². The number of pyridine rings is 1. The van der Waals surface area contributed by atoms with Crippen LogP contribution < -0.4 is 0 Å². The van der Waals surface area contributed by atoms with Crippen LogP contribution in [-0.4, -0.2) is 27.4 Å². The first-order valence-corrected chi connectivity index (χ1v) is 5.16. The van der Waals surface area contributed by atoms with Gasteiger partial charge >= 0.3 is 0 Å². The number of hydrogen-bond donors (Lipinski definition) is 2. The number of aromatic nitrogens is 1. The average molecular weight is 209 g/mol.